The number of carbonyl (C=O) groups excluding carboxylic acids is 1. The van der Waals surface area contributed by atoms with Crippen molar-refractivity contribution < 1.29 is 23.4 Å². The summed E-state index contributed by atoms with van der Waals surface area (Å²) < 4.78 is 32.1. The van der Waals surface area contributed by atoms with Gasteiger partial charge in [-0.2, -0.15) is 0 Å². The highest BCUT2D eigenvalue weighted by Gasteiger charge is 2.37. The molecule has 0 aliphatic carbocycles. The van der Waals surface area contributed by atoms with Gasteiger partial charge in [-0.3, -0.25) is 9.69 Å². The summed E-state index contributed by atoms with van der Waals surface area (Å²) in [5.41, 5.74) is 0.326. The molecule has 2 aliphatic heterocycles. The van der Waals surface area contributed by atoms with Crippen LogP contribution in [0, 0.1) is 11.6 Å². The van der Waals surface area contributed by atoms with Gasteiger partial charge in [-0.25, -0.2) is 8.78 Å². The smallest absolute Gasteiger partial charge is 0.224 e. The third kappa shape index (κ3) is 4.28. The molecule has 3 rings (SSSR count). The second-order valence-electron chi connectivity index (χ2n) is 6.53. The highest BCUT2D eigenvalue weighted by Crippen LogP contribution is 2.24. The molecule has 5 nitrogen and oxygen atoms in total. The fourth-order valence-electron chi connectivity index (χ4n) is 3.54. The van der Waals surface area contributed by atoms with E-state index < -0.39 is 11.6 Å². The average molecular weight is 340 g/mol. The number of amides is 1. The van der Waals surface area contributed by atoms with Gasteiger partial charge in [-0.1, -0.05) is 0 Å². The number of aliphatic hydroxyl groups excluding tert-OH is 1. The molecule has 0 spiro atoms. The van der Waals surface area contributed by atoms with E-state index in [9.17, 15) is 13.6 Å². The number of carbonyl (C=O) groups is 1. The Morgan fingerprint density at radius 2 is 2.04 bits per heavy atom. The van der Waals surface area contributed by atoms with E-state index in [1.807, 2.05) is 0 Å². The molecule has 2 aliphatic rings. The number of aliphatic hydroxyl groups is 1. The first-order chi connectivity index (χ1) is 11.5. The molecule has 1 aromatic rings. The first kappa shape index (κ1) is 17.3. The minimum atomic E-state index is -0.678. The van der Waals surface area contributed by atoms with Gasteiger partial charge in [-0.05, 0) is 30.5 Å². The van der Waals surface area contributed by atoms with Crippen LogP contribution >= 0.6 is 0 Å². The van der Waals surface area contributed by atoms with Crippen LogP contribution in [0.1, 0.15) is 18.4 Å². The summed E-state index contributed by atoms with van der Waals surface area (Å²) in [6.45, 7) is 2.20. The van der Waals surface area contributed by atoms with Crippen molar-refractivity contribution in [1.29, 1.82) is 0 Å². The van der Waals surface area contributed by atoms with Gasteiger partial charge in [0, 0.05) is 37.8 Å². The van der Waals surface area contributed by atoms with Crippen molar-refractivity contribution in [3.63, 3.8) is 0 Å². The van der Waals surface area contributed by atoms with Crippen LogP contribution in [0.4, 0.5) is 8.78 Å². The molecule has 0 unspecified atom stereocenters. The van der Waals surface area contributed by atoms with E-state index >= 15 is 0 Å². The standard InChI is InChI=1S/C17H22F2N2O3/c18-12-3-11(4-13(19)6-12)5-17(23)20-14-7-15-10-24-16(1-2-22)9-21(15)8-14/h3-4,6,14-16,22H,1-2,5,7-10H2,(H,20,23)/t14-,15+,16+/m1/s1. The summed E-state index contributed by atoms with van der Waals surface area (Å²) in [5, 5.41) is 11.9. The third-order valence-corrected chi connectivity index (χ3v) is 4.59. The Morgan fingerprint density at radius 3 is 2.75 bits per heavy atom. The van der Waals surface area contributed by atoms with E-state index in [2.05, 4.69) is 10.2 Å². The molecule has 7 heteroatoms. The van der Waals surface area contributed by atoms with Gasteiger partial charge in [0.2, 0.25) is 5.91 Å². The Hall–Kier alpha value is -1.57. The number of fused-ring (bicyclic) bond motifs is 1. The molecular formula is C17H22F2N2O3. The van der Waals surface area contributed by atoms with Gasteiger partial charge in [0.25, 0.3) is 0 Å². The topological polar surface area (TPSA) is 61.8 Å². The van der Waals surface area contributed by atoms with E-state index in [0.717, 1.165) is 25.6 Å². The molecule has 0 saturated carbocycles. The number of hydrogen-bond donors (Lipinski definition) is 2. The number of ether oxygens (including phenoxy) is 1. The normalized spacial score (nSPS) is 27.0. The monoisotopic (exact) mass is 340 g/mol. The van der Waals surface area contributed by atoms with E-state index in [1.165, 1.54) is 12.1 Å². The Labute approximate surface area is 139 Å². The third-order valence-electron chi connectivity index (χ3n) is 4.59. The average Bonchev–Trinajstić information content (AvgIpc) is 2.87. The highest BCUT2D eigenvalue weighted by atomic mass is 19.1. The van der Waals surface area contributed by atoms with Crippen LogP contribution in [-0.4, -0.2) is 60.4 Å². The van der Waals surface area contributed by atoms with Gasteiger partial charge >= 0.3 is 0 Å². The van der Waals surface area contributed by atoms with Gasteiger partial charge in [0.05, 0.1) is 19.1 Å². The predicted molar refractivity (Wildman–Crippen MR) is 83.4 cm³/mol. The summed E-state index contributed by atoms with van der Waals surface area (Å²) in [7, 11) is 0. The lowest BCUT2D eigenvalue weighted by molar-refractivity contribution is -0.121. The van der Waals surface area contributed by atoms with Gasteiger partial charge in [0.15, 0.2) is 0 Å². The van der Waals surface area contributed by atoms with E-state index in [-0.39, 0.29) is 37.1 Å². The lowest BCUT2D eigenvalue weighted by Crippen LogP contribution is -2.46. The molecule has 24 heavy (non-hydrogen) atoms. The largest absolute Gasteiger partial charge is 0.396 e. The van der Waals surface area contributed by atoms with Crippen LogP contribution < -0.4 is 5.32 Å². The van der Waals surface area contributed by atoms with Crippen molar-refractivity contribution in [1.82, 2.24) is 10.2 Å². The quantitative estimate of drug-likeness (QED) is 0.834. The number of nitrogens with one attached hydrogen (secondary N) is 1. The molecular weight excluding hydrogens is 318 g/mol. The fourth-order valence-corrected chi connectivity index (χ4v) is 3.54. The van der Waals surface area contributed by atoms with Crippen molar-refractivity contribution in [2.24, 2.45) is 0 Å². The van der Waals surface area contributed by atoms with Crippen molar-refractivity contribution in [2.45, 2.75) is 37.5 Å². The highest BCUT2D eigenvalue weighted by molar-refractivity contribution is 5.78. The molecule has 0 radical (unpaired) electrons. The maximum atomic E-state index is 13.2. The van der Waals surface area contributed by atoms with Crippen molar-refractivity contribution in [3.8, 4) is 0 Å². The van der Waals surface area contributed by atoms with Crippen LogP contribution in [0.2, 0.25) is 0 Å². The second-order valence-corrected chi connectivity index (χ2v) is 6.53. The number of benzene rings is 1. The Balaban J connectivity index is 1.51. The molecule has 1 aromatic carbocycles. The Bertz CT molecular complexity index is 579. The molecule has 0 bridgehead atoms. The number of nitrogens with zero attached hydrogens (tertiary/aromatic N) is 1. The summed E-state index contributed by atoms with van der Waals surface area (Å²) in [4.78, 5) is 14.4. The zero-order valence-electron chi connectivity index (χ0n) is 13.4. The Morgan fingerprint density at radius 1 is 1.29 bits per heavy atom. The van der Waals surface area contributed by atoms with E-state index in [4.69, 9.17) is 9.84 Å². The first-order valence-corrected chi connectivity index (χ1v) is 8.24. The van der Waals surface area contributed by atoms with E-state index in [1.54, 1.807) is 0 Å². The summed E-state index contributed by atoms with van der Waals surface area (Å²) in [6.07, 6.45) is 1.41. The van der Waals surface area contributed by atoms with Crippen molar-refractivity contribution in [3.05, 3.63) is 35.4 Å². The number of halogens is 2. The minimum Gasteiger partial charge on any atom is -0.396 e. The molecule has 0 aromatic heterocycles. The van der Waals surface area contributed by atoms with Crippen molar-refractivity contribution in [2.75, 3.05) is 26.3 Å². The molecule has 132 valence electrons. The number of morpholine rings is 1. The van der Waals surface area contributed by atoms with Crippen LogP contribution in [0.3, 0.4) is 0 Å². The first-order valence-electron chi connectivity index (χ1n) is 8.24. The number of rotatable bonds is 5. The van der Waals surface area contributed by atoms with Gasteiger partial charge in [0.1, 0.15) is 11.6 Å². The molecule has 2 fully saturated rings. The maximum absolute atomic E-state index is 13.2. The lowest BCUT2D eigenvalue weighted by atomic mass is 10.1. The van der Waals surface area contributed by atoms with E-state index in [0.29, 0.717) is 18.6 Å². The summed E-state index contributed by atoms with van der Waals surface area (Å²) in [6, 6.07) is 3.43. The second kappa shape index (κ2) is 7.55. The maximum Gasteiger partial charge on any atom is 0.224 e. The molecule has 2 heterocycles. The lowest BCUT2D eigenvalue weighted by Gasteiger charge is -2.34. The van der Waals surface area contributed by atoms with Crippen molar-refractivity contribution >= 4 is 5.91 Å². The summed E-state index contributed by atoms with van der Waals surface area (Å²) >= 11 is 0. The van der Waals surface area contributed by atoms with Crippen LogP contribution in [0.5, 0.6) is 0 Å². The molecule has 2 N–H and O–H groups in total. The predicted octanol–water partition coefficient (Wildman–Crippen LogP) is 0.848. The van der Waals surface area contributed by atoms with Gasteiger partial charge < -0.3 is 15.2 Å². The van der Waals surface area contributed by atoms with Crippen LogP contribution in [0.15, 0.2) is 18.2 Å². The molecule has 1 amide bonds. The van der Waals surface area contributed by atoms with Crippen LogP contribution in [0.25, 0.3) is 0 Å². The number of hydrogen-bond acceptors (Lipinski definition) is 4. The summed E-state index contributed by atoms with van der Waals surface area (Å²) in [5.74, 6) is -1.59. The van der Waals surface area contributed by atoms with Crippen LogP contribution in [-0.2, 0) is 16.0 Å². The zero-order chi connectivity index (χ0) is 17.1. The zero-order valence-corrected chi connectivity index (χ0v) is 13.4. The minimum absolute atomic E-state index is 0.0115. The Kier molecular flexibility index (Phi) is 5.43. The van der Waals surface area contributed by atoms with Gasteiger partial charge in [-0.15, -0.1) is 0 Å². The fraction of sp³-hybridized carbons (Fsp3) is 0.588. The molecule has 2 saturated heterocycles. The SMILES string of the molecule is O=C(Cc1cc(F)cc(F)c1)N[C@@H]1C[C@H]2CO[C@@H](CCO)CN2C1. The molecule has 3 atom stereocenters.